The molecule has 24 heavy (non-hydrogen) atoms. The van der Waals surface area contributed by atoms with Gasteiger partial charge >= 0.3 is 6.03 Å². The Morgan fingerprint density at radius 3 is 2.67 bits per heavy atom. The van der Waals surface area contributed by atoms with E-state index in [0.717, 1.165) is 23.5 Å². The van der Waals surface area contributed by atoms with E-state index in [4.69, 9.17) is 0 Å². The molecule has 0 atom stereocenters. The van der Waals surface area contributed by atoms with Crippen LogP contribution in [0.5, 0.6) is 0 Å². The van der Waals surface area contributed by atoms with Crippen molar-refractivity contribution in [3.63, 3.8) is 0 Å². The first-order valence-electron chi connectivity index (χ1n) is 7.71. The number of carbonyl (C=O) groups is 2. The quantitative estimate of drug-likeness (QED) is 0.782. The van der Waals surface area contributed by atoms with Crippen LogP contribution in [0.1, 0.15) is 24.7 Å². The average Bonchev–Trinajstić information content (AvgIpc) is 2.92. The van der Waals surface area contributed by atoms with Crippen LogP contribution in [-0.4, -0.2) is 39.0 Å². The van der Waals surface area contributed by atoms with E-state index in [-0.39, 0.29) is 11.7 Å². The average molecular weight is 347 g/mol. The summed E-state index contributed by atoms with van der Waals surface area (Å²) in [7, 11) is 0. The molecule has 0 aliphatic rings. The second-order valence-electron chi connectivity index (χ2n) is 5.24. The van der Waals surface area contributed by atoms with E-state index in [1.807, 2.05) is 49.6 Å². The van der Waals surface area contributed by atoms with Gasteiger partial charge in [-0.05, 0) is 31.9 Å². The Kier molecular flexibility index (Phi) is 6.36. The number of amides is 3. The van der Waals surface area contributed by atoms with Crippen molar-refractivity contribution >= 4 is 23.7 Å². The minimum absolute atomic E-state index is 0.0869. The summed E-state index contributed by atoms with van der Waals surface area (Å²) in [5.41, 5.74) is 2.06. The lowest BCUT2D eigenvalue weighted by Crippen LogP contribution is -2.40. The van der Waals surface area contributed by atoms with Gasteiger partial charge in [0.25, 0.3) is 0 Å². The molecule has 128 valence electrons. The molecule has 2 N–H and O–H groups in total. The second kappa shape index (κ2) is 8.49. The van der Waals surface area contributed by atoms with Crippen LogP contribution >= 0.6 is 11.8 Å². The maximum absolute atomic E-state index is 11.9. The number of rotatable bonds is 6. The van der Waals surface area contributed by atoms with Gasteiger partial charge in [0.2, 0.25) is 5.91 Å². The smallest absolute Gasteiger partial charge is 0.321 e. The Balaban J connectivity index is 2.03. The maximum Gasteiger partial charge on any atom is 0.321 e. The summed E-state index contributed by atoms with van der Waals surface area (Å²) < 4.78 is 1.91. The molecule has 1 aromatic heterocycles. The maximum atomic E-state index is 11.9. The standard InChI is InChI=1S/C16H21N5O2S/c1-4-9-17-15(23)18-14(22)10-24-16-20-19-12(3)21(16)13-8-6-5-7-11(13)2/h5-8H,4,9-10H2,1-3H3,(H2,17,18,22,23). The van der Waals surface area contributed by atoms with Crippen molar-refractivity contribution in [2.24, 2.45) is 0 Å². The third kappa shape index (κ3) is 4.58. The fraction of sp³-hybridized carbons (Fsp3) is 0.375. The number of imide groups is 1. The summed E-state index contributed by atoms with van der Waals surface area (Å²) >= 11 is 1.24. The van der Waals surface area contributed by atoms with Gasteiger partial charge in [0.15, 0.2) is 5.16 Å². The first-order chi connectivity index (χ1) is 11.5. The highest BCUT2D eigenvalue weighted by Crippen LogP contribution is 2.23. The molecular formula is C16H21N5O2S. The number of aromatic nitrogens is 3. The van der Waals surface area contributed by atoms with Crippen LogP contribution in [0.15, 0.2) is 29.4 Å². The molecule has 0 aliphatic carbocycles. The first-order valence-corrected chi connectivity index (χ1v) is 8.70. The van der Waals surface area contributed by atoms with Gasteiger partial charge in [-0.1, -0.05) is 36.9 Å². The zero-order valence-electron chi connectivity index (χ0n) is 14.0. The second-order valence-corrected chi connectivity index (χ2v) is 6.19. The largest absolute Gasteiger partial charge is 0.338 e. The van der Waals surface area contributed by atoms with Crippen LogP contribution in [0.2, 0.25) is 0 Å². The van der Waals surface area contributed by atoms with Gasteiger partial charge < -0.3 is 5.32 Å². The van der Waals surface area contributed by atoms with Crippen LogP contribution in [-0.2, 0) is 4.79 Å². The van der Waals surface area contributed by atoms with Crippen molar-refractivity contribution in [1.82, 2.24) is 25.4 Å². The van der Waals surface area contributed by atoms with E-state index in [9.17, 15) is 9.59 Å². The normalized spacial score (nSPS) is 10.5. The fourth-order valence-corrected chi connectivity index (χ4v) is 2.89. The fourth-order valence-electron chi connectivity index (χ4n) is 2.10. The lowest BCUT2D eigenvalue weighted by molar-refractivity contribution is -0.117. The van der Waals surface area contributed by atoms with Crippen molar-refractivity contribution in [2.75, 3.05) is 12.3 Å². The zero-order chi connectivity index (χ0) is 17.5. The molecule has 3 amide bonds. The third-order valence-corrected chi connectivity index (χ3v) is 4.20. The van der Waals surface area contributed by atoms with Crippen LogP contribution in [0.4, 0.5) is 4.79 Å². The van der Waals surface area contributed by atoms with Gasteiger partial charge in [-0.2, -0.15) is 0 Å². The SMILES string of the molecule is CCCNC(=O)NC(=O)CSc1nnc(C)n1-c1ccccc1C. The Labute approximate surface area is 145 Å². The van der Waals surface area contributed by atoms with Crippen LogP contribution in [0, 0.1) is 13.8 Å². The number of carbonyl (C=O) groups excluding carboxylic acids is 2. The summed E-state index contributed by atoms with van der Waals surface area (Å²) in [6.45, 7) is 6.35. The molecule has 0 fully saturated rings. The number of hydrogen-bond acceptors (Lipinski definition) is 5. The molecule has 1 heterocycles. The number of benzene rings is 1. The van der Waals surface area contributed by atoms with Gasteiger partial charge in [-0.25, -0.2) is 4.79 Å². The number of hydrogen-bond donors (Lipinski definition) is 2. The number of nitrogens with one attached hydrogen (secondary N) is 2. The molecule has 0 saturated heterocycles. The van der Waals surface area contributed by atoms with Gasteiger partial charge in [0, 0.05) is 6.54 Å². The van der Waals surface area contributed by atoms with Gasteiger partial charge in [0.1, 0.15) is 5.82 Å². The van der Waals surface area contributed by atoms with Crippen molar-refractivity contribution in [3.8, 4) is 5.69 Å². The van der Waals surface area contributed by atoms with E-state index >= 15 is 0 Å². The summed E-state index contributed by atoms with van der Waals surface area (Å²) in [6, 6.07) is 7.43. The lowest BCUT2D eigenvalue weighted by Gasteiger charge is -2.11. The predicted octanol–water partition coefficient (Wildman–Crippen LogP) is 2.21. The van der Waals surface area contributed by atoms with E-state index in [1.54, 1.807) is 0 Å². The van der Waals surface area contributed by atoms with Crippen molar-refractivity contribution in [3.05, 3.63) is 35.7 Å². The molecular weight excluding hydrogens is 326 g/mol. The Morgan fingerprint density at radius 1 is 1.21 bits per heavy atom. The number of aryl methyl sites for hydroxylation is 2. The molecule has 1 aromatic carbocycles. The Hall–Kier alpha value is -2.35. The van der Waals surface area contributed by atoms with Gasteiger partial charge in [-0.3, -0.25) is 14.7 Å². The Bertz CT molecular complexity index is 729. The Morgan fingerprint density at radius 2 is 1.96 bits per heavy atom. The monoisotopic (exact) mass is 347 g/mol. The molecule has 2 aromatic rings. The predicted molar refractivity (Wildman–Crippen MR) is 93.4 cm³/mol. The lowest BCUT2D eigenvalue weighted by atomic mass is 10.2. The highest BCUT2D eigenvalue weighted by molar-refractivity contribution is 7.99. The molecule has 7 nitrogen and oxygen atoms in total. The summed E-state index contributed by atoms with van der Waals surface area (Å²) in [6.07, 6.45) is 0.815. The number of urea groups is 1. The molecule has 0 saturated carbocycles. The van der Waals surface area contributed by atoms with Gasteiger partial charge in [0.05, 0.1) is 11.4 Å². The van der Waals surface area contributed by atoms with E-state index < -0.39 is 6.03 Å². The highest BCUT2D eigenvalue weighted by atomic mass is 32.2. The molecule has 0 spiro atoms. The van der Waals surface area contributed by atoms with Crippen LogP contribution < -0.4 is 10.6 Å². The van der Waals surface area contributed by atoms with E-state index in [0.29, 0.717) is 11.7 Å². The van der Waals surface area contributed by atoms with Crippen molar-refractivity contribution < 1.29 is 9.59 Å². The van der Waals surface area contributed by atoms with E-state index in [2.05, 4.69) is 20.8 Å². The molecule has 0 radical (unpaired) electrons. The zero-order valence-corrected chi connectivity index (χ0v) is 14.8. The van der Waals surface area contributed by atoms with Crippen molar-refractivity contribution in [1.29, 1.82) is 0 Å². The molecule has 2 rings (SSSR count). The van der Waals surface area contributed by atoms with Crippen LogP contribution in [0.3, 0.4) is 0 Å². The highest BCUT2D eigenvalue weighted by Gasteiger charge is 2.15. The number of thioether (sulfide) groups is 1. The minimum atomic E-state index is -0.473. The summed E-state index contributed by atoms with van der Waals surface area (Å²) in [4.78, 5) is 23.3. The summed E-state index contributed by atoms with van der Waals surface area (Å²) in [5, 5.41) is 13.7. The molecule has 0 bridgehead atoms. The first kappa shape index (κ1) is 18.0. The number of nitrogens with zero attached hydrogens (tertiary/aromatic N) is 3. The number of para-hydroxylation sites is 1. The topological polar surface area (TPSA) is 88.9 Å². The minimum Gasteiger partial charge on any atom is -0.338 e. The molecule has 0 unspecified atom stereocenters. The summed E-state index contributed by atoms with van der Waals surface area (Å²) in [5.74, 6) is 0.460. The van der Waals surface area contributed by atoms with Gasteiger partial charge in [-0.15, -0.1) is 10.2 Å². The molecule has 0 aliphatic heterocycles. The molecule has 8 heteroatoms. The van der Waals surface area contributed by atoms with E-state index in [1.165, 1.54) is 11.8 Å². The third-order valence-electron chi connectivity index (χ3n) is 3.27. The van der Waals surface area contributed by atoms with Crippen LogP contribution in [0.25, 0.3) is 5.69 Å². The van der Waals surface area contributed by atoms with Crippen molar-refractivity contribution in [2.45, 2.75) is 32.3 Å².